The van der Waals surface area contributed by atoms with E-state index in [9.17, 15) is 9.59 Å². The number of nitrogens with one attached hydrogen (secondary N) is 1. The third kappa shape index (κ3) is 3.13. The van der Waals surface area contributed by atoms with Crippen molar-refractivity contribution in [3.63, 3.8) is 0 Å². The maximum atomic E-state index is 11.9. The fourth-order valence-corrected chi connectivity index (χ4v) is 2.95. The smallest absolute Gasteiger partial charge is 0.346 e. The molecule has 2 heterocycles. The zero-order valence-corrected chi connectivity index (χ0v) is 12.9. The summed E-state index contributed by atoms with van der Waals surface area (Å²) in [5.74, 6) is -1.25. The normalized spacial score (nSPS) is 10.4. The summed E-state index contributed by atoms with van der Waals surface area (Å²) in [5, 5.41) is 17.4. The molecule has 0 saturated carbocycles. The van der Waals surface area contributed by atoms with Gasteiger partial charge in [-0.3, -0.25) is 9.48 Å². The zero-order valence-electron chi connectivity index (χ0n) is 9.88. The Hall–Kier alpha value is -1.42. The molecule has 0 fully saturated rings. The Morgan fingerprint density at radius 3 is 2.89 bits per heavy atom. The van der Waals surface area contributed by atoms with Crippen LogP contribution < -0.4 is 5.32 Å². The Bertz CT molecular complexity index is 635. The van der Waals surface area contributed by atoms with Crippen LogP contribution in [0, 0.1) is 3.70 Å². The number of aromatic carboxylic acids is 1. The van der Waals surface area contributed by atoms with Crippen LogP contribution in [0.1, 0.15) is 25.7 Å². The average Bonchev–Trinajstić information content (AvgIpc) is 2.92. The van der Waals surface area contributed by atoms with E-state index in [-0.39, 0.29) is 17.3 Å². The Labute approximate surface area is 126 Å². The molecule has 0 spiro atoms. The lowest BCUT2D eigenvalue weighted by molar-refractivity contribution is 0.0699. The molecule has 2 aromatic rings. The summed E-state index contributed by atoms with van der Waals surface area (Å²) in [7, 11) is 1.68. The van der Waals surface area contributed by atoms with E-state index in [1.807, 2.05) is 22.6 Å². The predicted molar refractivity (Wildman–Crippen MR) is 78.4 cm³/mol. The lowest BCUT2D eigenvalue weighted by atomic mass is 10.2. The van der Waals surface area contributed by atoms with Crippen molar-refractivity contribution in [2.45, 2.75) is 6.54 Å². The van der Waals surface area contributed by atoms with E-state index in [0.29, 0.717) is 11.3 Å². The van der Waals surface area contributed by atoms with Crippen LogP contribution in [0.25, 0.3) is 0 Å². The average molecular weight is 391 g/mol. The van der Waals surface area contributed by atoms with Gasteiger partial charge >= 0.3 is 5.97 Å². The van der Waals surface area contributed by atoms with E-state index in [1.165, 1.54) is 4.68 Å². The number of carboxylic acids is 1. The van der Waals surface area contributed by atoms with Gasteiger partial charge in [0.05, 0.1) is 0 Å². The van der Waals surface area contributed by atoms with Crippen LogP contribution in [0.15, 0.2) is 17.5 Å². The monoisotopic (exact) mass is 391 g/mol. The standard InChI is InChI=1S/C11H10IN3O3S/c1-15-7(4-8(12)14-15)10(16)13-5-6-2-3-19-9(6)11(17)18/h2-4H,5H2,1H3,(H,13,16)(H,17,18). The molecule has 1 amide bonds. The second-order valence-electron chi connectivity index (χ2n) is 3.74. The highest BCUT2D eigenvalue weighted by Gasteiger charge is 2.15. The van der Waals surface area contributed by atoms with Gasteiger partial charge in [0.1, 0.15) is 14.3 Å². The first-order chi connectivity index (χ1) is 8.99. The van der Waals surface area contributed by atoms with Gasteiger partial charge in [-0.15, -0.1) is 11.3 Å². The molecule has 0 unspecified atom stereocenters. The fourth-order valence-electron chi connectivity index (χ4n) is 1.57. The molecule has 0 bridgehead atoms. The molecule has 6 nitrogen and oxygen atoms in total. The number of carbonyl (C=O) groups is 2. The highest BCUT2D eigenvalue weighted by molar-refractivity contribution is 14.1. The van der Waals surface area contributed by atoms with Crippen LogP contribution in [0.4, 0.5) is 0 Å². The number of halogens is 1. The first-order valence-corrected chi connectivity index (χ1v) is 7.22. The highest BCUT2D eigenvalue weighted by Crippen LogP contribution is 2.16. The second kappa shape index (κ2) is 5.70. The molecule has 19 heavy (non-hydrogen) atoms. The summed E-state index contributed by atoms with van der Waals surface area (Å²) in [5.41, 5.74) is 1.04. The fraction of sp³-hybridized carbons (Fsp3) is 0.182. The summed E-state index contributed by atoms with van der Waals surface area (Å²) >= 11 is 3.17. The Morgan fingerprint density at radius 2 is 2.32 bits per heavy atom. The molecule has 2 aromatic heterocycles. The van der Waals surface area contributed by atoms with Crippen LogP contribution in [0.2, 0.25) is 0 Å². The number of carbonyl (C=O) groups excluding carboxylic acids is 1. The van der Waals surface area contributed by atoms with Gasteiger partial charge < -0.3 is 10.4 Å². The molecule has 0 saturated heterocycles. The minimum absolute atomic E-state index is 0.186. The van der Waals surface area contributed by atoms with Crippen LogP contribution in [-0.2, 0) is 13.6 Å². The Morgan fingerprint density at radius 1 is 1.58 bits per heavy atom. The maximum absolute atomic E-state index is 11.9. The third-order valence-corrected chi connectivity index (χ3v) is 3.93. The van der Waals surface area contributed by atoms with Gasteiger partial charge in [0, 0.05) is 19.7 Å². The number of hydrogen-bond donors (Lipinski definition) is 2. The minimum atomic E-state index is -0.977. The number of thiophene rings is 1. The Balaban J connectivity index is 2.06. The number of carboxylic acid groups (broad SMARTS) is 1. The van der Waals surface area contributed by atoms with Crippen LogP contribution in [-0.4, -0.2) is 26.8 Å². The zero-order chi connectivity index (χ0) is 14.0. The summed E-state index contributed by atoms with van der Waals surface area (Å²) in [6, 6.07) is 3.36. The molecule has 8 heteroatoms. The minimum Gasteiger partial charge on any atom is -0.477 e. The van der Waals surface area contributed by atoms with Gasteiger partial charge in [-0.05, 0) is 39.6 Å². The molecule has 0 atom stereocenters. The maximum Gasteiger partial charge on any atom is 0.346 e. The Kier molecular flexibility index (Phi) is 4.20. The van der Waals surface area contributed by atoms with Gasteiger partial charge in [-0.1, -0.05) is 0 Å². The molecule has 100 valence electrons. The van der Waals surface area contributed by atoms with E-state index < -0.39 is 5.97 Å². The van der Waals surface area contributed by atoms with E-state index in [4.69, 9.17) is 5.11 Å². The van der Waals surface area contributed by atoms with E-state index in [2.05, 4.69) is 10.4 Å². The summed E-state index contributed by atoms with van der Waals surface area (Å²) in [4.78, 5) is 23.1. The van der Waals surface area contributed by atoms with E-state index >= 15 is 0 Å². The molecular weight excluding hydrogens is 381 g/mol. The lowest BCUT2D eigenvalue weighted by Crippen LogP contribution is -2.25. The summed E-state index contributed by atoms with van der Waals surface area (Å²) in [6.45, 7) is 0.186. The number of nitrogens with zero attached hydrogens (tertiary/aromatic N) is 2. The summed E-state index contributed by atoms with van der Waals surface area (Å²) in [6.07, 6.45) is 0. The molecule has 0 aliphatic carbocycles. The van der Waals surface area contributed by atoms with Crippen molar-refractivity contribution in [2.75, 3.05) is 0 Å². The third-order valence-electron chi connectivity index (χ3n) is 2.46. The number of aryl methyl sites for hydroxylation is 1. The van der Waals surface area contributed by atoms with E-state index in [1.54, 1.807) is 24.6 Å². The van der Waals surface area contributed by atoms with Gasteiger partial charge in [-0.2, -0.15) is 5.10 Å². The van der Waals surface area contributed by atoms with Crippen molar-refractivity contribution in [1.29, 1.82) is 0 Å². The van der Waals surface area contributed by atoms with Crippen molar-refractivity contribution in [2.24, 2.45) is 7.05 Å². The number of rotatable bonds is 4. The molecule has 0 aliphatic rings. The van der Waals surface area contributed by atoms with E-state index in [0.717, 1.165) is 15.0 Å². The van der Waals surface area contributed by atoms with Crippen LogP contribution in [0.3, 0.4) is 0 Å². The molecule has 0 aromatic carbocycles. The quantitative estimate of drug-likeness (QED) is 0.778. The molecular formula is C11H10IN3O3S. The largest absolute Gasteiger partial charge is 0.477 e. The molecule has 0 aliphatic heterocycles. The topological polar surface area (TPSA) is 84.2 Å². The van der Waals surface area contributed by atoms with Crippen molar-refractivity contribution in [3.05, 3.63) is 37.3 Å². The van der Waals surface area contributed by atoms with Gasteiger partial charge in [-0.25, -0.2) is 4.79 Å². The molecule has 0 radical (unpaired) electrons. The molecule has 2 rings (SSSR count). The van der Waals surface area contributed by atoms with Crippen LogP contribution in [0.5, 0.6) is 0 Å². The highest BCUT2D eigenvalue weighted by atomic mass is 127. The van der Waals surface area contributed by atoms with Crippen LogP contribution >= 0.6 is 33.9 Å². The predicted octanol–water partition coefficient (Wildman–Crippen LogP) is 1.71. The molecule has 2 N–H and O–H groups in total. The van der Waals surface area contributed by atoms with Crippen molar-refractivity contribution in [1.82, 2.24) is 15.1 Å². The number of hydrogen-bond acceptors (Lipinski definition) is 4. The van der Waals surface area contributed by atoms with Gasteiger partial charge in [0.2, 0.25) is 0 Å². The number of aromatic nitrogens is 2. The van der Waals surface area contributed by atoms with Gasteiger partial charge in [0.25, 0.3) is 5.91 Å². The SMILES string of the molecule is Cn1nc(I)cc1C(=O)NCc1ccsc1C(=O)O. The first-order valence-electron chi connectivity index (χ1n) is 5.26. The first kappa shape index (κ1) is 14.0. The second-order valence-corrected chi connectivity index (χ2v) is 5.76. The van der Waals surface area contributed by atoms with Gasteiger partial charge in [0.15, 0.2) is 0 Å². The summed E-state index contributed by atoms with van der Waals surface area (Å²) < 4.78 is 2.22. The lowest BCUT2D eigenvalue weighted by Gasteiger charge is -2.04. The van der Waals surface area contributed by atoms with Crippen molar-refractivity contribution >= 4 is 45.8 Å². The number of amides is 1. The van der Waals surface area contributed by atoms with Crippen molar-refractivity contribution < 1.29 is 14.7 Å². The van der Waals surface area contributed by atoms with Crippen molar-refractivity contribution in [3.8, 4) is 0 Å².